The van der Waals surface area contributed by atoms with Gasteiger partial charge in [0.1, 0.15) is 0 Å². The summed E-state index contributed by atoms with van der Waals surface area (Å²) in [6.45, 7) is 2.07. The Labute approximate surface area is 142 Å². The highest BCUT2D eigenvalue weighted by Gasteiger charge is 2.25. The van der Waals surface area contributed by atoms with E-state index in [0.29, 0.717) is 5.56 Å². The maximum Gasteiger partial charge on any atom is 0.243 e. The number of ketones is 1. The van der Waals surface area contributed by atoms with Crippen molar-refractivity contribution in [2.75, 3.05) is 20.3 Å². The number of carbonyl (C=O) groups excluding carboxylic acids is 1. The zero-order valence-corrected chi connectivity index (χ0v) is 14.5. The molecule has 0 unspecified atom stereocenters. The van der Waals surface area contributed by atoms with Gasteiger partial charge in [-0.25, -0.2) is 8.42 Å². The molecule has 0 spiro atoms. The standard InChI is InChI=1S/C17H20N2O4S/c1-14(20)16-6-3-7-17(11-16)24(21,22)19(9-10-23-2)13-15-5-4-8-18-12-15/h3-8,11-12H,9-10,13H2,1-2H3. The van der Waals surface area contributed by atoms with E-state index >= 15 is 0 Å². The van der Waals surface area contributed by atoms with Crippen LogP contribution in [0.15, 0.2) is 53.7 Å². The number of ether oxygens (including phenoxy) is 1. The molecule has 7 heteroatoms. The quantitative estimate of drug-likeness (QED) is 0.683. The topological polar surface area (TPSA) is 76.6 Å². The molecule has 6 nitrogen and oxygen atoms in total. The van der Waals surface area contributed by atoms with Crippen molar-refractivity contribution in [1.82, 2.24) is 9.29 Å². The van der Waals surface area contributed by atoms with Gasteiger partial charge in [0, 0.05) is 38.2 Å². The van der Waals surface area contributed by atoms with Gasteiger partial charge in [-0.2, -0.15) is 4.31 Å². The normalized spacial score (nSPS) is 11.6. The maximum atomic E-state index is 13.0. The summed E-state index contributed by atoms with van der Waals surface area (Å²) in [4.78, 5) is 15.6. The van der Waals surface area contributed by atoms with Gasteiger partial charge in [0.2, 0.25) is 10.0 Å². The van der Waals surface area contributed by atoms with Gasteiger partial charge in [-0.3, -0.25) is 9.78 Å². The van der Waals surface area contributed by atoms with Gasteiger partial charge in [-0.1, -0.05) is 18.2 Å². The molecule has 0 bridgehead atoms. The van der Waals surface area contributed by atoms with Crippen LogP contribution in [0.4, 0.5) is 0 Å². The first kappa shape index (κ1) is 18.3. The van der Waals surface area contributed by atoms with Gasteiger partial charge < -0.3 is 4.74 Å². The average Bonchev–Trinajstić information content (AvgIpc) is 2.59. The summed E-state index contributed by atoms with van der Waals surface area (Å²) in [5, 5.41) is 0. The molecular weight excluding hydrogens is 328 g/mol. The van der Waals surface area contributed by atoms with Gasteiger partial charge in [0.05, 0.1) is 11.5 Å². The van der Waals surface area contributed by atoms with E-state index in [1.807, 2.05) is 6.07 Å². The third-order valence-corrected chi connectivity index (χ3v) is 5.35. The van der Waals surface area contributed by atoms with E-state index in [1.54, 1.807) is 30.6 Å². The molecule has 0 aliphatic heterocycles. The fourth-order valence-electron chi connectivity index (χ4n) is 2.20. The Bertz CT molecular complexity index is 791. The maximum absolute atomic E-state index is 13.0. The Morgan fingerprint density at radius 3 is 2.67 bits per heavy atom. The molecule has 24 heavy (non-hydrogen) atoms. The number of pyridine rings is 1. The molecular formula is C17H20N2O4S. The van der Waals surface area contributed by atoms with Gasteiger partial charge in [-0.15, -0.1) is 0 Å². The van der Waals surface area contributed by atoms with Crippen LogP contribution in [0.2, 0.25) is 0 Å². The van der Waals surface area contributed by atoms with Gasteiger partial charge in [-0.05, 0) is 30.7 Å². The number of nitrogens with zero attached hydrogens (tertiary/aromatic N) is 2. The molecule has 0 aliphatic rings. The summed E-state index contributed by atoms with van der Waals surface area (Å²) in [6.07, 6.45) is 3.26. The first-order valence-corrected chi connectivity index (χ1v) is 8.88. The van der Waals surface area contributed by atoms with Crippen molar-refractivity contribution in [3.8, 4) is 0 Å². The highest BCUT2D eigenvalue weighted by molar-refractivity contribution is 7.89. The lowest BCUT2D eigenvalue weighted by Crippen LogP contribution is -2.33. The minimum atomic E-state index is -3.75. The third-order valence-electron chi connectivity index (χ3n) is 3.50. The number of hydrogen-bond donors (Lipinski definition) is 0. The number of methoxy groups -OCH3 is 1. The number of hydrogen-bond acceptors (Lipinski definition) is 5. The fourth-order valence-corrected chi connectivity index (χ4v) is 3.66. The second-order valence-corrected chi connectivity index (χ2v) is 7.21. The van der Waals surface area contributed by atoms with Crippen molar-refractivity contribution in [2.45, 2.75) is 18.4 Å². The number of benzene rings is 1. The molecule has 1 aromatic carbocycles. The minimum Gasteiger partial charge on any atom is -0.383 e. The van der Waals surface area contributed by atoms with Crippen LogP contribution in [0.5, 0.6) is 0 Å². The van der Waals surface area contributed by atoms with E-state index in [4.69, 9.17) is 4.74 Å². The van der Waals surface area contributed by atoms with Crippen LogP contribution in [0, 0.1) is 0 Å². The van der Waals surface area contributed by atoms with Crippen LogP contribution in [0.25, 0.3) is 0 Å². The van der Waals surface area contributed by atoms with Gasteiger partial charge >= 0.3 is 0 Å². The summed E-state index contributed by atoms with van der Waals surface area (Å²) >= 11 is 0. The first-order chi connectivity index (χ1) is 11.4. The van der Waals surface area contributed by atoms with Crippen molar-refractivity contribution >= 4 is 15.8 Å². The summed E-state index contributed by atoms with van der Waals surface area (Å²) in [6, 6.07) is 9.64. The Morgan fingerprint density at radius 1 is 1.25 bits per heavy atom. The third kappa shape index (κ3) is 4.47. The van der Waals surface area contributed by atoms with E-state index in [0.717, 1.165) is 5.56 Å². The predicted octanol–water partition coefficient (Wildman–Crippen LogP) is 2.12. The van der Waals surface area contributed by atoms with E-state index in [2.05, 4.69) is 4.98 Å². The fraction of sp³-hybridized carbons (Fsp3) is 0.294. The van der Waals surface area contributed by atoms with Crippen molar-refractivity contribution < 1.29 is 17.9 Å². The Morgan fingerprint density at radius 2 is 2.04 bits per heavy atom. The minimum absolute atomic E-state index is 0.0928. The molecule has 0 saturated carbocycles. The van der Waals surface area contributed by atoms with Crippen LogP contribution in [0.1, 0.15) is 22.8 Å². The monoisotopic (exact) mass is 348 g/mol. The average molecular weight is 348 g/mol. The zero-order chi connectivity index (χ0) is 17.6. The first-order valence-electron chi connectivity index (χ1n) is 7.44. The summed E-state index contributed by atoms with van der Waals surface area (Å²) in [5.41, 5.74) is 1.14. The summed E-state index contributed by atoms with van der Waals surface area (Å²) in [7, 11) is -2.24. The van der Waals surface area contributed by atoms with E-state index < -0.39 is 10.0 Å². The molecule has 128 valence electrons. The van der Waals surface area contributed by atoms with Crippen molar-refractivity contribution in [3.63, 3.8) is 0 Å². The van der Waals surface area contributed by atoms with Crippen LogP contribution in [-0.2, 0) is 21.3 Å². The van der Waals surface area contributed by atoms with Crippen LogP contribution in [-0.4, -0.2) is 43.8 Å². The lowest BCUT2D eigenvalue weighted by atomic mass is 10.2. The largest absolute Gasteiger partial charge is 0.383 e. The number of rotatable bonds is 8. The number of Topliss-reactive ketones (excluding diaryl/α,β-unsaturated/α-hetero) is 1. The lowest BCUT2D eigenvalue weighted by molar-refractivity contribution is 0.101. The number of sulfonamides is 1. The Balaban J connectivity index is 2.36. The van der Waals surface area contributed by atoms with Crippen LogP contribution < -0.4 is 0 Å². The predicted molar refractivity (Wildman–Crippen MR) is 90.2 cm³/mol. The zero-order valence-electron chi connectivity index (χ0n) is 13.7. The molecule has 1 heterocycles. The highest BCUT2D eigenvalue weighted by atomic mass is 32.2. The Kier molecular flexibility index (Phi) is 6.19. The van der Waals surface area contributed by atoms with Gasteiger partial charge in [0.15, 0.2) is 5.78 Å². The van der Waals surface area contributed by atoms with Crippen LogP contribution in [0.3, 0.4) is 0 Å². The second-order valence-electron chi connectivity index (χ2n) is 5.28. The molecule has 0 N–H and O–H groups in total. The molecule has 0 amide bonds. The van der Waals surface area contributed by atoms with Crippen LogP contribution >= 0.6 is 0 Å². The molecule has 2 aromatic rings. The molecule has 0 aliphatic carbocycles. The molecule has 2 rings (SSSR count). The van der Waals surface area contributed by atoms with Crippen molar-refractivity contribution in [1.29, 1.82) is 0 Å². The lowest BCUT2D eigenvalue weighted by Gasteiger charge is -2.22. The number of aromatic nitrogens is 1. The molecule has 0 atom stereocenters. The Hall–Kier alpha value is -2.09. The van der Waals surface area contributed by atoms with E-state index in [9.17, 15) is 13.2 Å². The SMILES string of the molecule is COCCN(Cc1cccnc1)S(=O)(=O)c1cccc(C(C)=O)c1. The van der Waals surface area contributed by atoms with Crippen molar-refractivity contribution in [3.05, 3.63) is 59.9 Å². The molecule has 1 aromatic heterocycles. The molecule has 0 saturated heterocycles. The molecule has 0 radical (unpaired) electrons. The number of carbonyl (C=O) groups is 1. The summed E-state index contributed by atoms with van der Waals surface area (Å²) < 4.78 is 32.3. The van der Waals surface area contributed by atoms with E-state index in [-0.39, 0.29) is 30.4 Å². The second kappa shape index (κ2) is 8.14. The smallest absolute Gasteiger partial charge is 0.243 e. The van der Waals surface area contributed by atoms with Gasteiger partial charge in [0.25, 0.3) is 0 Å². The summed E-state index contributed by atoms with van der Waals surface area (Å²) in [5.74, 6) is -0.178. The molecule has 0 fully saturated rings. The highest BCUT2D eigenvalue weighted by Crippen LogP contribution is 2.19. The van der Waals surface area contributed by atoms with E-state index in [1.165, 1.54) is 30.5 Å². The van der Waals surface area contributed by atoms with Crippen molar-refractivity contribution in [2.24, 2.45) is 0 Å².